The number of nitrogens with zero attached hydrogens (tertiary/aromatic N) is 3. The standard InChI is InChI=1S/C14H24N4O2/c1-10-7-17(8-11(2)20-10)9-14(3,4)18-6-5-16-13(18)12(15)19/h5-6,10-11H,7-9H2,1-4H3,(H2,15,19). The Kier molecular flexibility index (Phi) is 4.15. The third kappa shape index (κ3) is 3.19. The largest absolute Gasteiger partial charge is 0.373 e. The lowest BCUT2D eigenvalue weighted by atomic mass is 10.0. The Balaban J connectivity index is 2.14. The first-order chi connectivity index (χ1) is 9.29. The van der Waals surface area contributed by atoms with E-state index in [9.17, 15) is 4.79 Å². The highest BCUT2D eigenvalue weighted by molar-refractivity contribution is 5.89. The monoisotopic (exact) mass is 280 g/mol. The third-order valence-corrected chi connectivity index (χ3v) is 3.62. The predicted octanol–water partition coefficient (Wildman–Crippen LogP) is 0.826. The summed E-state index contributed by atoms with van der Waals surface area (Å²) in [5.41, 5.74) is 5.12. The van der Waals surface area contributed by atoms with Crippen LogP contribution in [0.15, 0.2) is 12.4 Å². The van der Waals surface area contributed by atoms with Gasteiger partial charge >= 0.3 is 0 Å². The van der Waals surface area contributed by atoms with Gasteiger partial charge in [-0.2, -0.15) is 0 Å². The van der Waals surface area contributed by atoms with Crippen LogP contribution < -0.4 is 5.73 Å². The molecule has 1 aromatic rings. The van der Waals surface area contributed by atoms with Crippen molar-refractivity contribution in [3.8, 4) is 0 Å². The average Bonchev–Trinajstić information content (AvgIpc) is 2.75. The van der Waals surface area contributed by atoms with E-state index in [1.54, 1.807) is 6.20 Å². The molecule has 1 aliphatic rings. The molecule has 0 bridgehead atoms. The molecule has 2 rings (SSSR count). The molecular weight excluding hydrogens is 256 g/mol. The summed E-state index contributed by atoms with van der Waals surface area (Å²) in [6.07, 6.45) is 3.89. The molecule has 20 heavy (non-hydrogen) atoms. The molecule has 0 aromatic carbocycles. The fourth-order valence-corrected chi connectivity index (χ4v) is 3.01. The van der Waals surface area contributed by atoms with Crippen molar-refractivity contribution in [2.24, 2.45) is 5.73 Å². The first kappa shape index (κ1) is 15.0. The van der Waals surface area contributed by atoms with E-state index in [0.717, 1.165) is 19.6 Å². The molecule has 0 aliphatic carbocycles. The predicted molar refractivity (Wildman–Crippen MR) is 76.5 cm³/mol. The Morgan fingerprint density at radius 2 is 2.05 bits per heavy atom. The molecule has 0 spiro atoms. The van der Waals surface area contributed by atoms with Crippen molar-refractivity contribution in [3.05, 3.63) is 18.2 Å². The van der Waals surface area contributed by atoms with E-state index >= 15 is 0 Å². The van der Waals surface area contributed by atoms with Gasteiger partial charge in [0.05, 0.1) is 17.7 Å². The number of ether oxygens (including phenoxy) is 1. The van der Waals surface area contributed by atoms with Crippen LogP contribution in [0.4, 0.5) is 0 Å². The smallest absolute Gasteiger partial charge is 0.284 e. The summed E-state index contributed by atoms with van der Waals surface area (Å²) in [7, 11) is 0. The summed E-state index contributed by atoms with van der Waals surface area (Å²) in [4.78, 5) is 17.8. The number of nitrogens with two attached hydrogens (primary N) is 1. The minimum absolute atomic E-state index is 0.230. The molecule has 2 N–H and O–H groups in total. The summed E-state index contributed by atoms with van der Waals surface area (Å²) >= 11 is 0. The van der Waals surface area contributed by atoms with E-state index in [1.165, 1.54) is 0 Å². The van der Waals surface area contributed by atoms with Crippen LogP contribution >= 0.6 is 0 Å². The van der Waals surface area contributed by atoms with Crippen molar-refractivity contribution in [2.45, 2.75) is 45.4 Å². The van der Waals surface area contributed by atoms with Crippen molar-refractivity contribution < 1.29 is 9.53 Å². The summed E-state index contributed by atoms with van der Waals surface area (Å²) in [6, 6.07) is 0. The zero-order chi connectivity index (χ0) is 14.9. The van der Waals surface area contributed by atoms with Gasteiger partial charge in [0.2, 0.25) is 0 Å². The lowest BCUT2D eigenvalue weighted by molar-refractivity contribution is -0.0748. The minimum Gasteiger partial charge on any atom is -0.373 e. The van der Waals surface area contributed by atoms with Crippen molar-refractivity contribution in [2.75, 3.05) is 19.6 Å². The van der Waals surface area contributed by atoms with Crippen LogP contribution in [0.1, 0.15) is 38.3 Å². The van der Waals surface area contributed by atoms with Crippen LogP contribution in [0.3, 0.4) is 0 Å². The fourth-order valence-electron chi connectivity index (χ4n) is 3.01. The van der Waals surface area contributed by atoms with E-state index in [0.29, 0.717) is 5.82 Å². The average molecular weight is 280 g/mol. The van der Waals surface area contributed by atoms with Crippen molar-refractivity contribution in [1.29, 1.82) is 0 Å². The third-order valence-electron chi connectivity index (χ3n) is 3.62. The molecule has 112 valence electrons. The molecule has 6 nitrogen and oxygen atoms in total. The highest BCUT2D eigenvalue weighted by atomic mass is 16.5. The van der Waals surface area contributed by atoms with Crippen LogP contribution in [0.2, 0.25) is 0 Å². The number of primary amides is 1. The normalized spacial score (nSPS) is 24.8. The molecule has 0 saturated carbocycles. The van der Waals surface area contributed by atoms with Crippen LogP contribution in [0.25, 0.3) is 0 Å². The number of carbonyl (C=O) groups is 1. The zero-order valence-electron chi connectivity index (χ0n) is 12.7. The van der Waals surface area contributed by atoms with Gasteiger partial charge in [-0.3, -0.25) is 9.69 Å². The van der Waals surface area contributed by atoms with Crippen LogP contribution in [-0.4, -0.2) is 52.2 Å². The Morgan fingerprint density at radius 1 is 1.45 bits per heavy atom. The molecule has 2 atom stereocenters. The van der Waals surface area contributed by atoms with Crippen LogP contribution in [-0.2, 0) is 10.3 Å². The highest BCUT2D eigenvalue weighted by Gasteiger charge is 2.30. The Hall–Kier alpha value is -1.40. The van der Waals surface area contributed by atoms with Gasteiger partial charge in [0.25, 0.3) is 5.91 Å². The highest BCUT2D eigenvalue weighted by Crippen LogP contribution is 2.21. The number of hydrogen-bond donors (Lipinski definition) is 1. The number of morpholine rings is 1. The van der Waals surface area contributed by atoms with Gasteiger partial charge in [0, 0.05) is 32.0 Å². The number of rotatable bonds is 4. The van der Waals surface area contributed by atoms with Gasteiger partial charge in [0.1, 0.15) is 0 Å². The maximum atomic E-state index is 11.4. The molecule has 1 aromatic heterocycles. The molecule has 6 heteroatoms. The minimum atomic E-state index is -0.494. The van der Waals surface area contributed by atoms with Gasteiger partial charge in [-0.1, -0.05) is 0 Å². The van der Waals surface area contributed by atoms with Crippen molar-refractivity contribution in [3.63, 3.8) is 0 Å². The van der Waals surface area contributed by atoms with E-state index in [1.807, 2.05) is 10.8 Å². The lowest BCUT2D eigenvalue weighted by Crippen LogP contribution is -2.51. The van der Waals surface area contributed by atoms with E-state index < -0.39 is 5.91 Å². The number of amides is 1. The lowest BCUT2D eigenvalue weighted by Gasteiger charge is -2.40. The van der Waals surface area contributed by atoms with Gasteiger partial charge in [0.15, 0.2) is 5.82 Å². The summed E-state index contributed by atoms with van der Waals surface area (Å²) in [6.45, 7) is 11.0. The van der Waals surface area contributed by atoms with Gasteiger partial charge in [-0.25, -0.2) is 4.98 Å². The maximum Gasteiger partial charge on any atom is 0.284 e. The number of aromatic nitrogens is 2. The van der Waals surface area contributed by atoms with E-state index in [2.05, 4.69) is 37.6 Å². The summed E-state index contributed by atoms with van der Waals surface area (Å²) in [5, 5.41) is 0. The molecule has 1 aliphatic heterocycles. The Labute approximate surface area is 119 Å². The van der Waals surface area contributed by atoms with E-state index in [4.69, 9.17) is 10.5 Å². The van der Waals surface area contributed by atoms with Crippen LogP contribution in [0, 0.1) is 0 Å². The maximum absolute atomic E-state index is 11.4. The fraction of sp³-hybridized carbons (Fsp3) is 0.714. The summed E-state index contributed by atoms with van der Waals surface area (Å²) < 4.78 is 7.61. The SMILES string of the molecule is CC1CN(CC(C)(C)n2ccnc2C(N)=O)CC(C)O1. The van der Waals surface area contributed by atoms with Gasteiger partial charge in [-0.15, -0.1) is 0 Å². The van der Waals surface area contributed by atoms with E-state index in [-0.39, 0.29) is 17.7 Å². The number of imidazole rings is 1. The Bertz CT molecular complexity index is 473. The zero-order valence-corrected chi connectivity index (χ0v) is 12.7. The molecular formula is C14H24N4O2. The van der Waals surface area contributed by atoms with Gasteiger partial charge in [-0.05, 0) is 27.7 Å². The number of carbonyl (C=O) groups excluding carboxylic acids is 1. The first-order valence-corrected chi connectivity index (χ1v) is 7.01. The van der Waals surface area contributed by atoms with Gasteiger partial charge < -0.3 is 15.0 Å². The molecule has 0 radical (unpaired) electrons. The second kappa shape index (κ2) is 5.54. The quantitative estimate of drug-likeness (QED) is 0.886. The first-order valence-electron chi connectivity index (χ1n) is 7.01. The Morgan fingerprint density at radius 3 is 2.60 bits per heavy atom. The molecule has 1 saturated heterocycles. The second-order valence-corrected chi connectivity index (χ2v) is 6.25. The second-order valence-electron chi connectivity index (χ2n) is 6.25. The molecule has 1 fully saturated rings. The number of hydrogen-bond acceptors (Lipinski definition) is 4. The molecule has 2 unspecified atom stereocenters. The van der Waals surface area contributed by atoms with Crippen LogP contribution in [0.5, 0.6) is 0 Å². The molecule has 2 heterocycles. The topological polar surface area (TPSA) is 73.4 Å². The van der Waals surface area contributed by atoms with Crippen molar-refractivity contribution >= 4 is 5.91 Å². The molecule has 1 amide bonds. The summed E-state index contributed by atoms with van der Waals surface area (Å²) in [5.74, 6) is -0.184. The van der Waals surface area contributed by atoms with Crippen molar-refractivity contribution in [1.82, 2.24) is 14.5 Å².